The summed E-state index contributed by atoms with van der Waals surface area (Å²) in [6, 6.07) is -0.626. The average Bonchev–Trinajstić information content (AvgIpc) is 3.54. The summed E-state index contributed by atoms with van der Waals surface area (Å²) in [5, 5.41) is 23.1. The minimum absolute atomic E-state index is 0.0128. The van der Waals surface area contributed by atoms with Crippen LogP contribution in [0.25, 0.3) is 0 Å². The zero-order valence-electron chi connectivity index (χ0n) is 56.4. The van der Waals surface area contributed by atoms with Crippen molar-refractivity contribution in [1.29, 1.82) is 0 Å². The maximum absolute atomic E-state index is 12.5. The van der Waals surface area contributed by atoms with Gasteiger partial charge in [0.2, 0.25) is 5.91 Å². The highest BCUT2D eigenvalue weighted by molar-refractivity contribution is 5.76. The molecule has 0 spiro atoms. The summed E-state index contributed by atoms with van der Waals surface area (Å²) in [4.78, 5) is 24.6. The zero-order valence-corrected chi connectivity index (χ0v) is 56.4. The van der Waals surface area contributed by atoms with Gasteiger partial charge in [0.25, 0.3) is 0 Å². The number of carbonyl (C=O) groups is 2. The summed E-state index contributed by atoms with van der Waals surface area (Å²) in [5.41, 5.74) is 0. The lowest BCUT2D eigenvalue weighted by atomic mass is 10.0. The maximum Gasteiger partial charge on any atom is 0.305 e. The summed E-state index contributed by atoms with van der Waals surface area (Å²) in [7, 11) is 0. The minimum atomic E-state index is -0.843. The van der Waals surface area contributed by atoms with Crippen molar-refractivity contribution in [1.82, 2.24) is 5.32 Å². The smallest absolute Gasteiger partial charge is 0.305 e. The largest absolute Gasteiger partial charge is 0.466 e. The normalized spacial score (nSPS) is 12.9. The molecule has 6 heteroatoms. The Bertz CT molecular complexity index is 1450. The first kappa shape index (κ1) is 81.6. The van der Waals surface area contributed by atoms with E-state index in [1.165, 1.54) is 315 Å². The lowest BCUT2D eigenvalue weighted by Gasteiger charge is -2.20. The van der Waals surface area contributed by atoms with Gasteiger partial charge in [-0.05, 0) is 96.3 Å². The molecule has 0 bridgehead atoms. The SMILES string of the molecule is CCCCC/C=C\C/C=C\CCCCCCCCCCCC(=O)OCCCCCCCCCCCCC/C=C\C/C=C\CCCCCCCCCCCCCCCCCCCC(=O)NC(CO)C(O)/C=C/CCCCCCCCCCCCC. The molecule has 2 atom stereocenters. The second kappa shape index (κ2) is 73.0. The Morgan fingerprint density at radius 3 is 0.929 bits per heavy atom. The van der Waals surface area contributed by atoms with Gasteiger partial charge in [-0.1, -0.05) is 351 Å². The molecule has 0 saturated carbocycles. The fraction of sp³-hybridized carbons (Fsp3) is 0.846. The summed E-state index contributed by atoms with van der Waals surface area (Å²) in [5.74, 6) is -0.0520. The van der Waals surface area contributed by atoms with E-state index in [1.807, 2.05) is 6.08 Å². The van der Waals surface area contributed by atoms with Crippen LogP contribution in [0.2, 0.25) is 0 Å². The van der Waals surface area contributed by atoms with Gasteiger partial charge in [0, 0.05) is 12.8 Å². The molecule has 0 saturated heterocycles. The van der Waals surface area contributed by atoms with Crippen LogP contribution in [0.4, 0.5) is 0 Å². The number of hydrogen-bond acceptors (Lipinski definition) is 5. The number of aliphatic hydroxyl groups excluding tert-OH is 2. The van der Waals surface area contributed by atoms with Crippen LogP contribution in [-0.2, 0) is 14.3 Å². The van der Waals surface area contributed by atoms with E-state index in [4.69, 9.17) is 4.74 Å². The van der Waals surface area contributed by atoms with Crippen molar-refractivity contribution < 1.29 is 24.5 Å². The summed E-state index contributed by atoms with van der Waals surface area (Å²) in [6.07, 6.45) is 97.6. The van der Waals surface area contributed by atoms with Gasteiger partial charge in [-0.3, -0.25) is 9.59 Å². The number of unbranched alkanes of at least 4 members (excludes halogenated alkanes) is 51. The van der Waals surface area contributed by atoms with E-state index in [0.29, 0.717) is 19.4 Å². The molecule has 0 radical (unpaired) electrons. The highest BCUT2D eigenvalue weighted by atomic mass is 16.5. The average molecular weight is 1180 g/mol. The quantitative estimate of drug-likeness (QED) is 0.0320. The monoisotopic (exact) mass is 1180 g/mol. The Balaban J connectivity index is 3.37. The molecule has 0 aromatic carbocycles. The zero-order chi connectivity index (χ0) is 60.6. The van der Waals surface area contributed by atoms with Gasteiger partial charge in [-0.25, -0.2) is 0 Å². The lowest BCUT2D eigenvalue weighted by Crippen LogP contribution is -2.45. The molecular weight excluding hydrogens is 1030 g/mol. The van der Waals surface area contributed by atoms with Gasteiger partial charge < -0.3 is 20.3 Å². The van der Waals surface area contributed by atoms with E-state index >= 15 is 0 Å². The molecule has 0 aliphatic heterocycles. The van der Waals surface area contributed by atoms with Gasteiger partial charge in [0.1, 0.15) is 0 Å². The molecule has 6 nitrogen and oxygen atoms in total. The first-order chi connectivity index (χ1) is 41.5. The number of amides is 1. The number of rotatable bonds is 70. The summed E-state index contributed by atoms with van der Waals surface area (Å²) < 4.78 is 5.51. The van der Waals surface area contributed by atoms with Crippen LogP contribution in [0.5, 0.6) is 0 Å². The molecular formula is C78H145NO5. The molecule has 0 heterocycles. The second-order valence-electron chi connectivity index (χ2n) is 25.6. The highest BCUT2D eigenvalue weighted by Crippen LogP contribution is 2.18. The molecule has 84 heavy (non-hydrogen) atoms. The number of aliphatic hydroxyl groups is 2. The number of nitrogens with one attached hydrogen (secondary N) is 1. The Morgan fingerprint density at radius 2 is 0.595 bits per heavy atom. The Kier molecular flexibility index (Phi) is 70.9. The van der Waals surface area contributed by atoms with Crippen molar-refractivity contribution in [2.75, 3.05) is 13.2 Å². The molecule has 0 aromatic rings. The van der Waals surface area contributed by atoms with Crippen molar-refractivity contribution in [3.8, 4) is 0 Å². The Labute approximate surface area is 524 Å². The summed E-state index contributed by atoms with van der Waals surface area (Å²) in [6.45, 7) is 4.90. The van der Waals surface area contributed by atoms with Gasteiger partial charge >= 0.3 is 5.97 Å². The molecule has 3 N–H and O–H groups in total. The van der Waals surface area contributed by atoms with E-state index < -0.39 is 12.1 Å². The van der Waals surface area contributed by atoms with Crippen molar-refractivity contribution in [2.45, 2.75) is 411 Å². The molecule has 0 aliphatic carbocycles. The highest BCUT2D eigenvalue weighted by Gasteiger charge is 2.18. The van der Waals surface area contributed by atoms with Crippen LogP contribution in [0.15, 0.2) is 60.8 Å². The molecule has 0 fully saturated rings. The van der Waals surface area contributed by atoms with Gasteiger partial charge in [-0.15, -0.1) is 0 Å². The number of allylic oxidation sites excluding steroid dienone is 9. The van der Waals surface area contributed by atoms with Gasteiger partial charge in [0.05, 0.1) is 25.4 Å². The third-order valence-corrected chi connectivity index (χ3v) is 17.3. The lowest BCUT2D eigenvalue weighted by molar-refractivity contribution is -0.143. The molecule has 0 aliphatic rings. The summed E-state index contributed by atoms with van der Waals surface area (Å²) >= 11 is 0. The molecule has 2 unspecified atom stereocenters. The Morgan fingerprint density at radius 1 is 0.333 bits per heavy atom. The van der Waals surface area contributed by atoms with Crippen LogP contribution in [0, 0.1) is 0 Å². The van der Waals surface area contributed by atoms with E-state index in [-0.39, 0.29) is 18.5 Å². The van der Waals surface area contributed by atoms with E-state index in [1.54, 1.807) is 6.08 Å². The predicted molar refractivity (Wildman–Crippen MR) is 370 cm³/mol. The fourth-order valence-electron chi connectivity index (χ4n) is 11.5. The van der Waals surface area contributed by atoms with Crippen molar-refractivity contribution >= 4 is 11.9 Å². The number of esters is 1. The molecule has 1 amide bonds. The molecule has 0 aromatic heterocycles. The fourth-order valence-corrected chi connectivity index (χ4v) is 11.5. The molecule has 0 rings (SSSR count). The van der Waals surface area contributed by atoms with E-state index in [2.05, 4.69) is 67.8 Å². The van der Waals surface area contributed by atoms with Crippen molar-refractivity contribution in [3.05, 3.63) is 60.8 Å². The number of carbonyl (C=O) groups excluding carboxylic acids is 2. The van der Waals surface area contributed by atoms with Crippen molar-refractivity contribution in [3.63, 3.8) is 0 Å². The second-order valence-corrected chi connectivity index (χ2v) is 25.6. The maximum atomic E-state index is 12.5. The predicted octanol–water partition coefficient (Wildman–Crippen LogP) is 24.6. The van der Waals surface area contributed by atoms with Gasteiger partial charge in [0.15, 0.2) is 0 Å². The minimum Gasteiger partial charge on any atom is -0.466 e. The number of hydrogen-bond donors (Lipinski definition) is 3. The Hall–Kier alpha value is -2.44. The number of ether oxygens (including phenoxy) is 1. The van der Waals surface area contributed by atoms with Crippen LogP contribution in [0.3, 0.4) is 0 Å². The van der Waals surface area contributed by atoms with Crippen molar-refractivity contribution in [2.24, 2.45) is 0 Å². The van der Waals surface area contributed by atoms with Crippen LogP contribution in [0.1, 0.15) is 399 Å². The third-order valence-electron chi connectivity index (χ3n) is 17.3. The van der Waals surface area contributed by atoms with Crippen LogP contribution in [-0.4, -0.2) is 47.4 Å². The van der Waals surface area contributed by atoms with E-state index in [9.17, 15) is 19.8 Å². The van der Waals surface area contributed by atoms with Crippen LogP contribution >= 0.6 is 0 Å². The van der Waals surface area contributed by atoms with Crippen LogP contribution < -0.4 is 5.32 Å². The molecule has 492 valence electrons. The first-order valence-electron chi connectivity index (χ1n) is 37.6. The first-order valence-corrected chi connectivity index (χ1v) is 37.6. The standard InChI is InChI=1S/C78H145NO5/c1-3-5-7-9-11-13-15-17-18-19-37-41-44-48-52-56-60-64-68-72-78(83)84-73-69-65-61-57-53-49-45-42-39-36-34-32-30-28-26-24-22-20-21-23-25-27-29-31-33-35-38-40-43-47-51-55-59-63-67-71-77(82)79-75(74-80)76(81)70-66-62-58-54-50-46-16-14-12-10-8-6-4-2/h11,13,17-18,22,24,28,30,66,70,75-76,80-81H,3-10,12,14-16,19-21,23,25-27,29,31-65,67-69,71-74H2,1-2H3,(H,79,82)/b13-11-,18-17-,24-22-,30-28-,70-66+. The van der Waals surface area contributed by atoms with E-state index in [0.717, 1.165) is 57.8 Å². The topological polar surface area (TPSA) is 95.9 Å². The third kappa shape index (κ3) is 68.7. The van der Waals surface area contributed by atoms with Gasteiger partial charge in [-0.2, -0.15) is 0 Å².